The number of likely N-dealkylation sites (tertiary alicyclic amines) is 1. The summed E-state index contributed by atoms with van der Waals surface area (Å²) in [4.78, 5) is 2.50. The van der Waals surface area contributed by atoms with Crippen molar-refractivity contribution in [2.45, 2.75) is 32.2 Å². The number of hydrogen-bond acceptors (Lipinski definition) is 4. The maximum absolute atomic E-state index is 5.49. The van der Waals surface area contributed by atoms with Crippen LogP contribution in [0.25, 0.3) is 0 Å². The van der Waals surface area contributed by atoms with Crippen LogP contribution in [0.5, 0.6) is 0 Å². The first kappa shape index (κ1) is 14.9. The third kappa shape index (κ3) is 6.99. The van der Waals surface area contributed by atoms with E-state index >= 15 is 0 Å². The quantitative estimate of drug-likeness (QED) is 0.616. The average Bonchev–Trinajstić information content (AvgIpc) is 2.37. The van der Waals surface area contributed by atoms with Gasteiger partial charge in [-0.3, -0.25) is 0 Å². The van der Waals surface area contributed by atoms with Crippen LogP contribution in [0.2, 0.25) is 0 Å². The normalized spacial score (nSPS) is 18.7. The molecule has 0 aromatic heterocycles. The standard InChI is InChI=1S/C13H28N2O2/c1-3-6-14-13-4-7-15(8-5-13)9-10-17-12-11-16-2/h13-14H,3-12H2,1-2H3. The zero-order valence-corrected chi connectivity index (χ0v) is 11.4. The Morgan fingerprint density at radius 3 is 2.59 bits per heavy atom. The van der Waals surface area contributed by atoms with Crippen molar-refractivity contribution in [1.29, 1.82) is 0 Å². The molecule has 0 saturated carbocycles. The van der Waals surface area contributed by atoms with Gasteiger partial charge in [0.15, 0.2) is 0 Å². The monoisotopic (exact) mass is 244 g/mol. The van der Waals surface area contributed by atoms with Crippen molar-refractivity contribution in [3.63, 3.8) is 0 Å². The highest BCUT2D eigenvalue weighted by molar-refractivity contribution is 4.76. The molecule has 17 heavy (non-hydrogen) atoms. The fourth-order valence-corrected chi connectivity index (χ4v) is 2.15. The highest BCUT2D eigenvalue weighted by atomic mass is 16.5. The zero-order valence-electron chi connectivity index (χ0n) is 11.4. The average molecular weight is 244 g/mol. The van der Waals surface area contributed by atoms with Gasteiger partial charge >= 0.3 is 0 Å². The molecule has 1 saturated heterocycles. The predicted octanol–water partition coefficient (Wildman–Crippen LogP) is 1.11. The molecule has 0 aliphatic carbocycles. The Morgan fingerprint density at radius 1 is 1.18 bits per heavy atom. The molecule has 0 atom stereocenters. The largest absolute Gasteiger partial charge is 0.382 e. The Balaban J connectivity index is 1.95. The van der Waals surface area contributed by atoms with Crippen LogP contribution >= 0.6 is 0 Å². The smallest absolute Gasteiger partial charge is 0.0700 e. The van der Waals surface area contributed by atoms with Crippen molar-refractivity contribution in [2.75, 3.05) is 53.1 Å². The zero-order chi connectivity index (χ0) is 12.3. The number of hydrogen-bond donors (Lipinski definition) is 1. The molecular weight excluding hydrogens is 216 g/mol. The van der Waals surface area contributed by atoms with E-state index in [2.05, 4.69) is 17.1 Å². The van der Waals surface area contributed by atoms with Crippen LogP contribution < -0.4 is 5.32 Å². The number of ether oxygens (including phenoxy) is 2. The first-order valence-electron chi connectivity index (χ1n) is 6.89. The van der Waals surface area contributed by atoms with Gasteiger partial charge in [-0.1, -0.05) is 6.92 Å². The Hall–Kier alpha value is -0.160. The van der Waals surface area contributed by atoms with Crippen molar-refractivity contribution >= 4 is 0 Å². The second-order valence-corrected chi connectivity index (χ2v) is 4.68. The van der Waals surface area contributed by atoms with Crippen molar-refractivity contribution < 1.29 is 9.47 Å². The fourth-order valence-electron chi connectivity index (χ4n) is 2.15. The molecule has 0 spiro atoms. The maximum atomic E-state index is 5.49. The summed E-state index contributed by atoms with van der Waals surface area (Å²) in [5.74, 6) is 0. The van der Waals surface area contributed by atoms with Crippen molar-refractivity contribution in [3.8, 4) is 0 Å². The summed E-state index contributed by atoms with van der Waals surface area (Å²) in [6.07, 6.45) is 3.78. The van der Waals surface area contributed by atoms with E-state index in [1.54, 1.807) is 7.11 Å². The van der Waals surface area contributed by atoms with Gasteiger partial charge in [-0.15, -0.1) is 0 Å². The summed E-state index contributed by atoms with van der Waals surface area (Å²) < 4.78 is 10.4. The minimum Gasteiger partial charge on any atom is -0.382 e. The molecule has 0 unspecified atom stereocenters. The van der Waals surface area contributed by atoms with Crippen molar-refractivity contribution in [3.05, 3.63) is 0 Å². The lowest BCUT2D eigenvalue weighted by molar-refractivity contribution is 0.0525. The van der Waals surface area contributed by atoms with E-state index < -0.39 is 0 Å². The molecule has 1 N–H and O–H groups in total. The molecule has 4 nitrogen and oxygen atoms in total. The minimum absolute atomic E-state index is 0.697. The van der Waals surface area contributed by atoms with Gasteiger partial charge in [-0.25, -0.2) is 0 Å². The number of methoxy groups -OCH3 is 1. The molecule has 1 heterocycles. The van der Waals surface area contributed by atoms with Crippen LogP contribution in [0, 0.1) is 0 Å². The summed E-state index contributed by atoms with van der Waals surface area (Å²) in [7, 11) is 1.71. The minimum atomic E-state index is 0.697. The van der Waals surface area contributed by atoms with Crippen LogP contribution in [0.4, 0.5) is 0 Å². The fraction of sp³-hybridized carbons (Fsp3) is 1.00. The highest BCUT2D eigenvalue weighted by Crippen LogP contribution is 2.09. The van der Waals surface area contributed by atoms with E-state index in [1.807, 2.05) is 0 Å². The van der Waals surface area contributed by atoms with Crippen LogP contribution in [-0.4, -0.2) is 64.1 Å². The number of nitrogens with one attached hydrogen (secondary N) is 1. The highest BCUT2D eigenvalue weighted by Gasteiger charge is 2.17. The molecule has 0 aromatic rings. The second-order valence-electron chi connectivity index (χ2n) is 4.68. The van der Waals surface area contributed by atoms with Gasteiger partial charge in [0.1, 0.15) is 0 Å². The van der Waals surface area contributed by atoms with Gasteiger partial charge < -0.3 is 19.7 Å². The summed E-state index contributed by atoms with van der Waals surface area (Å²) in [6.45, 7) is 9.09. The van der Waals surface area contributed by atoms with Crippen LogP contribution in [-0.2, 0) is 9.47 Å². The molecule has 102 valence electrons. The summed E-state index contributed by atoms with van der Waals surface area (Å²) in [6, 6.07) is 0.737. The van der Waals surface area contributed by atoms with Crippen molar-refractivity contribution in [1.82, 2.24) is 10.2 Å². The predicted molar refractivity (Wildman–Crippen MR) is 70.5 cm³/mol. The lowest BCUT2D eigenvalue weighted by atomic mass is 10.1. The Kier molecular flexibility index (Phi) is 8.61. The van der Waals surface area contributed by atoms with E-state index in [-0.39, 0.29) is 0 Å². The summed E-state index contributed by atoms with van der Waals surface area (Å²) in [5, 5.41) is 3.60. The van der Waals surface area contributed by atoms with Crippen LogP contribution in [0.15, 0.2) is 0 Å². The van der Waals surface area contributed by atoms with Gasteiger partial charge in [0.25, 0.3) is 0 Å². The Morgan fingerprint density at radius 2 is 1.94 bits per heavy atom. The van der Waals surface area contributed by atoms with E-state index in [9.17, 15) is 0 Å². The van der Waals surface area contributed by atoms with Gasteiger partial charge in [-0.2, -0.15) is 0 Å². The first-order chi connectivity index (χ1) is 8.36. The van der Waals surface area contributed by atoms with Gasteiger partial charge in [0.05, 0.1) is 19.8 Å². The molecule has 4 heteroatoms. The molecule has 0 amide bonds. The number of rotatable bonds is 9. The lowest BCUT2D eigenvalue weighted by Crippen LogP contribution is -2.43. The number of nitrogens with zero attached hydrogens (tertiary/aromatic N) is 1. The molecule has 0 bridgehead atoms. The molecule has 1 rings (SSSR count). The molecule has 0 aromatic carbocycles. The van der Waals surface area contributed by atoms with E-state index in [4.69, 9.17) is 9.47 Å². The molecule has 1 aliphatic heterocycles. The van der Waals surface area contributed by atoms with E-state index in [0.717, 1.165) is 25.7 Å². The molecule has 1 aliphatic rings. The first-order valence-corrected chi connectivity index (χ1v) is 6.89. The van der Waals surface area contributed by atoms with E-state index in [1.165, 1.54) is 32.4 Å². The summed E-state index contributed by atoms with van der Waals surface area (Å²) in [5.41, 5.74) is 0. The van der Waals surface area contributed by atoms with Gasteiger partial charge in [0.2, 0.25) is 0 Å². The maximum Gasteiger partial charge on any atom is 0.0700 e. The lowest BCUT2D eigenvalue weighted by Gasteiger charge is -2.32. The van der Waals surface area contributed by atoms with Crippen LogP contribution in [0.1, 0.15) is 26.2 Å². The Bertz CT molecular complexity index is 168. The van der Waals surface area contributed by atoms with Gasteiger partial charge in [-0.05, 0) is 38.9 Å². The SMILES string of the molecule is CCCNC1CCN(CCOCCOC)CC1. The van der Waals surface area contributed by atoms with Gasteiger partial charge in [0, 0.05) is 19.7 Å². The third-order valence-corrected chi connectivity index (χ3v) is 3.25. The third-order valence-electron chi connectivity index (χ3n) is 3.25. The number of piperidine rings is 1. The second kappa shape index (κ2) is 9.83. The van der Waals surface area contributed by atoms with Crippen LogP contribution in [0.3, 0.4) is 0 Å². The molecular formula is C13H28N2O2. The Labute approximate surface area is 106 Å². The van der Waals surface area contributed by atoms with E-state index in [0.29, 0.717) is 13.2 Å². The molecule has 1 fully saturated rings. The summed E-state index contributed by atoms with van der Waals surface area (Å²) >= 11 is 0. The topological polar surface area (TPSA) is 33.7 Å². The molecule has 0 radical (unpaired) electrons. The van der Waals surface area contributed by atoms with Crippen molar-refractivity contribution in [2.24, 2.45) is 0 Å².